The molecule has 1 aliphatic heterocycles. The highest BCUT2D eigenvalue weighted by Crippen LogP contribution is 2.44. The van der Waals surface area contributed by atoms with Crippen LogP contribution in [0.3, 0.4) is 0 Å². The Kier molecular flexibility index (Phi) is 6.48. The summed E-state index contributed by atoms with van der Waals surface area (Å²) >= 11 is 5.95. The maximum Gasteiger partial charge on any atom is 0.174 e. The first-order chi connectivity index (χ1) is 16.5. The number of aryl methyl sites for hydroxylation is 1. The molecule has 2 aliphatic rings. The zero-order valence-corrected chi connectivity index (χ0v) is 21.6. The van der Waals surface area contributed by atoms with Gasteiger partial charge in [0, 0.05) is 29.3 Å². The van der Waals surface area contributed by atoms with Crippen LogP contribution in [-0.2, 0) is 0 Å². The quantitative estimate of drug-likeness (QED) is 0.395. The molecule has 34 heavy (non-hydrogen) atoms. The summed E-state index contributed by atoms with van der Waals surface area (Å²) in [6.07, 6.45) is 8.46. The third-order valence-electron chi connectivity index (χ3n) is 7.72. The monoisotopic (exact) mass is 472 g/mol. The number of aromatic nitrogens is 2. The Morgan fingerprint density at radius 1 is 1.00 bits per heavy atom. The molecule has 2 atom stereocenters. The number of rotatable bonds is 5. The van der Waals surface area contributed by atoms with E-state index in [1.165, 1.54) is 54.6 Å². The number of hydrogen-bond donors (Lipinski definition) is 1. The van der Waals surface area contributed by atoms with Gasteiger partial charge in [0.25, 0.3) is 0 Å². The second-order valence-electron chi connectivity index (χ2n) is 10.2. The Labute approximate surface area is 209 Å². The second-order valence-corrected chi connectivity index (χ2v) is 10.6. The van der Waals surface area contributed by atoms with Crippen molar-refractivity contribution in [3.8, 4) is 0 Å². The van der Waals surface area contributed by atoms with Crippen LogP contribution >= 0.6 is 12.2 Å². The van der Waals surface area contributed by atoms with Gasteiger partial charge in [-0.1, -0.05) is 51.3 Å². The van der Waals surface area contributed by atoms with E-state index >= 15 is 0 Å². The average molecular weight is 473 g/mol. The molecule has 0 bridgehead atoms. The Morgan fingerprint density at radius 2 is 1.74 bits per heavy atom. The summed E-state index contributed by atoms with van der Waals surface area (Å²) in [5.41, 5.74) is 7.57. The largest absolute Gasteiger partial charge is 0.351 e. The molecule has 3 heterocycles. The van der Waals surface area contributed by atoms with E-state index in [1.54, 1.807) is 0 Å². The van der Waals surface area contributed by atoms with Crippen LogP contribution in [0.1, 0.15) is 98.2 Å². The third-order valence-corrected chi connectivity index (χ3v) is 8.03. The van der Waals surface area contributed by atoms with E-state index < -0.39 is 0 Å². The normalized spacial score (nSPS) is 21.3. The Balaban J connectivity index is 1.61. The van der Waals surface area contributed by atoms with Crippen LogP contribution in [0, 0.1) is 13.8 Å². The van der Waals surface area contributed by atoms with Crippen molar-refractivity contribution in [2.24, 2.45) is 0 Å². The van der Waals surface area contributed by atoms with Gasteiger partial charge in [0.05, 0.1) is 17.8 Å². The van der Waals surface area contributed by atoms with Gasteiger partial charge in [-0.05, 0) is 86.3 Å². The first-order valence-corrected chi connectivity index (χ1v) is 13.2. The highest BCUT2D eigenvalue weighted by molar-refractivity contribution is 7.80. The van der Waals surface area contributed by atoms with E-state index in [2.05, 4.69) is 84.9 Å². The molecule has 2 aromatic heterocycles. The molecule has 0 radical (unpaired) electrons. The van der Waals surface area contributed by atoms with Gasteiger partial charge in [-0.3, -0.25) is 4.98 Å². The Hall–Kier alpha value is -2.66. The van der Waals surface area contributed by atoms with Gasteiger partial charge >= 0.3 is 0 Å². The highest BCUT2D eigenvalue weighted by atomic mass is 32.1. The van der Waals surface area contributed by atoms with Gasteiger partial charge in [-0.2, -0.15) is 0 Å². The van der Waals surface area contributed by atoms with Gasteiger partial charge in [-0.25, -0.2) is 0 Å². The van der Waals surface area contributed by atoms with Gasteiger partial charge < -0.3 is 14.8 Å². The van der Waals surface area contributed by atoms with Crippen molar-refractivity contribution in [1.82, 2.24) is 14.9 Å². The minimum absolute atomic E-state index is 0.00113. The van der Waals surface area contributed by atoms with Crippen LogP contribution in [0.15, 0.2) is 54.7 Å². The molecule has 178 valence electrons. The zero-order valence-electron chi connectivity index (χ0n) is 20.8. The number of pyridine rings is 1. The molecule has 5 rings (SSSR count). The lowest BCUT2D eigenvalue weighted by Crippen LogP contribution is -2.29. The first kappa shape index (κ1) is 23.1. The molecule has 1 saturated carbocycles. The zero-order chi connectivity index (χ0) is 23.8. The number of anilines is 1. The molecule has 0 spiro atoms. The van der Waals surface area contributed by atoms with Crippen LogP contribution < -0.4 is 10.2 Å². The number of nitrogens with one attached hydrogen (secondary N) is 1. The molecule has 1 saturated heterocycles. The molecule has 1 N–H and O–H groups in total. The van der Waals surface area contributed by atoms with Gasteiger partial charge in [0.15, 0.2) is 5.11 Å². The molecule has 0 unspecified atom stereocenters. The van der Waals surface area contributed by atoms with E-state index in [4.69, 9.17) is 17.2 Å². The summed E-state index contributed by atoms with van der Waals surface area (Å²) in [4.78, 5) is 7.04. The first-order valence-electron chi connectivity index (χ1n) is 12.7. The van der Waals surface area contributed by atoms with Crippen molar-refractivity contribution in [2.75, 3.05) is 4.90 Å². The van der Waals surface area contributed by atoms with Gasteiger partial charge in [0.2, 0.25) is 0 Å². The summed E-state index contributed by atoms with van der Waals surface area (Å²) in [7, 11) is 0. The fraction of sp³-hybridized carbons (Fsp3) is 0.448. The van der Waals surface area contributed by atoms with Gasteiger partial charge in [0.1, 0.15) is 0 Å². The molecule has 4 nitrogen and oxygen atoms in total. The van der Waals surface area contributed by atoms with Crippen molar-refractivity contribution < 1.29 is 0 Å². The summed E-state index contributed by atoms with van der Waals surface area (Å²) in [5.74, 6) is 0.504. The van der Waals surface area contributed by atoms with Crippen LogP contribution in [-0.4, -0.2) is 14.7 Å². The Morgan fingerprint density at radius 3 is 2.38 bits per heavy atom. The van der Waals surface area contributed by atoms with Crippen LogP contribution in [0.5, 0.6) is 0 Å². The molecular formula is C29H36N4S. The summed E-state index contributed by atoms with van der Waals surface area (Å²) < 4.78 is 2.60. The highest BCUT2D eigenvalue weighted by Gasteiger charge is 2.42. The molecule has 5 heteroatoms. The van der Waals surface area contributed by atoms with Crippen LogP contribution in [0.25, 0.3) is 0 Å². The van der Waals surface area contributed by atoms with E-state index in [-0.39, 0.29) is 12.1 Å². The van der Waals surface area contributed by atoms with Crippen molar-refractivity contribution >= 4 is 23.0 Å². The predicted octanol–water partition coefficient (Wildman–Crippen LogP) is 7.31. The van der Waals surface area contributed by atoms with Crippen LogP contribution in [0.2, 0.25) is 0 Å². The standard InChI is InChI=1S/C29H36N4S/c1-19(2)22-13-15-24(16-14-22)33-28(27(31-29(33)34)26-12-8-9-17-30-26)25-18-20(3)32(21(25)4)23-10-6-5-7-11-23/h8-9,12-19,23,27-28H,5-7,10-11H2,1-4H3,(H,31,34)/t27-,28-/m1/s1. The SMILES string of the molecule is Cc1cc([C@@H]2[C@@H](c3ccccn3)NC(=S)N2c2ccc(C(C)C)cc2)c(C)n1C1CCCCC1. The third kappa shape index (κ3) is 4.15. The lowest BCUT2D eigenvalue weighted by atomic mass is 9.94. The van der Waals surface area contributed by atoms with Crippen molar-refractivity contribution in [2.45, 2.75) is 83.8 Å². The maximum atomic E-state index is 5.95. The lowest BCUT2D eigenvalue weighted by molar-refractivity contribution is 0.345. The number of benzene rings is 1. The fourth-order valence-electron chi connectivity index (χ4n) is 5.97. The van der Waals surface area contributed by atoms with E-state index in [0.717, 1.165) is 16.5 Å². The minimum Gasteiger partial charge on any atom is -0.351 e. The molecular weight excluding hydrogens is 436 g/mol. The molecule has 2 fully saturated rings. The Bertz CT molecular complexity index is 1140. The van der Waals surface area contributed by atoms with E-state index in [9.17, 15) is 0 Å². The number of hydrogen-bond acceptors (Lipinski definition) is 2. The maximum absolute atomic E-state index is 5.95. The van der Waals surface area contributed by atoms with E-state index in [1.807, 2.05) is 12.3 Å². The number of nitrogens with zero attached hydrogens (tertiary/aromatic N) is 3. The summed E-state index contributed by atoms with van der Waals surface area (Å²) in [6.45, 7) is 9.03. The minimum atomic E-state index is -0.00113. The average Bonchev–Trinajstić information content (AvgIpc) is 3.35. The molecule has 0 amide bonds. The van der Waals surface area contributed by atoms with E-state index in [0.29, 0.717) is 12.0 Å². The van der Waals surface area contributed by atoms with Crippen molar-refractivity contribution in [3.05, 3.63) is 82.9 Å². The van der Waals surface area contributed by atoms with Crippen molar-refractivity contribution in [3.63, 3.8) is 0 Å². The predicted molar refractivity (Wildman–Crippen MR) is 144 cm³/mol. The molecule has 1 aliphatic carbocycles. The number of thiocarbonyl (C=S) groups is 1. The fourth-order valence-corrected chi connectivity index (χ4v) is 6.32. The molecule has 3 aromatic rings. The molecule has 1 aromatic carbocycles. The lowest BCUT2D eigenvalue weighted by Gasteiger charge is -2.30. The second kappa shape index (κ2) is 9.53. The smallest absolute Gasteiger partial charge is 0.174 e. The van der Waals surface area contributed by atoms with Gasteiger partial charge in [-0.15, -0.1) is 0 Å². The topological polar surface area (TPSA) is 33.1 Å². The van der Waals surface area contributed by atoms with Crippen molar-refractivity contribution in [1.29, 1.82) is 0 Å². The summed E-state index contributed by atoms with van der Waals surface area (Å²) in [5, 5.41) is 4.39. The van der Waals surface area contributed by atoms with Crippen LogP contribution in [0.4, 0.5) is 5.69 Å². The summed E-state index contributed by atoms with van der Waals surface area (Å²) in [6, 6.07) is 18.1.